The highest BCUT2D eigenvalue weighted by Crippen LogP contribution is 2.32. The average molecular weight is 489 g/mol. The van der Waals surface area contributed by atoms with Crippen molar-refractivity contribution >= 4 is 46.2 Å². The molecule has 2 heterocycles. The lowest BCUT2D eigenvalue weighted by atomic mass is 10.2. The van der Waals surface area contributed by atoms with Gasteiger partial charge in [0.05, 0.1) is 11.4 Å². The third-order valence-electron chi connectivity index (χ3n) is 4.82. The smallest absolute Gasteiger partial charge is 0.150 e. The van der Waals surface area contributed by atoms with Crippen molar-refractivity contribution in [1.29, 1.82) is 0 Å². The highest BCUT2D eigenvalue weighted by Gasteiger charge is 2.07. The second-order valence-corrected chi connectivity index (χ2v) is 11.3. The molecule has 32 heavy (non-hydrogen) atoms. The van der Waals surface area contributed by atoms with E-state index in [4.69, 9.17) is 9.97 Å². The Morgan fingerprint density at radius 3 is 1.50 bits per heavy atom. The van der Waals surface area contributed by atoms with Crippen LogP contribution in [0.4, 0.5) is 0 Å². The molecule has 0 saturated carbocycles. The van der Waals surface area contributed by atoms with Gasteiger partial charge in [-0.15, -0.1) is 22.7 Å². The molecule has 0 aliphatic carbocycles. The van der Waals surface area contributed by atoms with Crippen molar-refractivity contribution in [3.63, 3.8) is 0 Å². The topological polar surface area (TPSA) is 25.8 Å². The lowest BCUT2D eigenvalue weighted by Crippen LogP contribution is -1.86. The number of nitrogens with zero attached hydrogens (tertiary/aromatic N) is 2. The number of thiazole rings is 2. The van der Waals surface area contributed by atoms with E-state index in [9.17, 15) is 0 Å². The zero-order valence-electron chi connectivity index (χ0n) is 17.2. The van der Waals surface area contributed by atoms with E-state index in [1.165, 1.54) is 22.3 Å². The summed E-state index contributed by atoms with van der Waals surface area (Å²) in [5.41, 5.74) is 7.12. The molecule has 0 bridgehead atoms. The van der Waals surface area contributed by atoms with Crippen LogP contribution >= 0.6 is 46.2 Å². The Hall–Kier alpha value is -2.38. The normalized spacial score (nSPS) is 11.0. The molecule has 3 aromatic carbocycles. The summed E-state index contributed by atoms with van der Waals surface area (Å²) >= 11 is 7.04. The Bertz CT molecular complexity index is 1180. The molecule has 5 rings (SSSR count). The van der Waals surface area contributed by atoms with Crippen molar-refractivity contribution in [3.05, 3.63) is 107 Å². The fourth-order valence-electron chi connectivity index (χ4n) is 3.23. The Morgan fingerprint density at radius 1 is 0.562 bits per heavy atom. The maximum absolute atomic E-state index is 4.79. The molecule has 5 aromatic rings. The fourth-order valence-corrected chi connectivity index (χ4v) is 6.79. The summed E-state index contributed by atoms with van der Waals surface area (Å²) in [6, 6.07) is 29.6. The second-order valence-electron chi connectivity index (χ2n) is 7.13. The zero-order chi connectivity index (χ0) is 21.6. The first-order valence-electron chi connectivity index (χ1n) is 10.2. The third-order valence-corrected chi connectivity index (χ3v) is 9.01. The number of benzene rings is 3. The van der Waals surface area contributed by atoms with Crippen molar-refractivity contribution in [2.45, 2.75) is 20.2 Å². The van der Waals surface area contributed by atoms with Gasteiger partial charge in [-0.25, -0.2) is 9.97 Å². The number of hydrogen-bond acceptors (Lipinski definition) is 6. The van der Waals surface area contributed by atoms with E-state index < -0.39 is 0 Å². The highest BCUT2D eigenvalue weighted by atomic mass is 32.2. The summed E-state index contributed by atoms with van der Waals surface area (Å²) in [5, 5.41) is 4.28. The molecule has 158 valence electrons. The maximum Gasteiger partial charge on any atom is 0.150 e. The SMILES string of the molecule is c1ccc(-c2csc(SCc3cccc(CSc4nc(-c5ccccc5)cs4)c3)n2)cc1. The summed E-state index contributed by atoms with van der Waals surface area (Å²) < 4.78 is 2.22. The molecule has 0 aliphatic heterocycles. The molecular weight excluding hydrogens is 469 g/mol. The van der Waals surface area contributed by atoms with Gasteiger partial charge in [0, 0.05) is 33.4 Å². The van der Waals surface area contributed by atoms with Gasteiger partial charge in [0.15, 0.2) is 8.68 Å². The van der Waals surface area contributed by atoms with Crippen molar-refractivity contribution in [3.8, 4) is 22.5 Å². The average Bonchev–Trinajstić information content (AvgIpc) is 3.53. The Morgan fingerprint density at radius 2 is 1.03 bits per heavy atom. The summed E-state index contributed by atoms with van der Waals surface area (Å²) in [6.07, 6.45) is 0. The van der Waals surface area contributed by atoms with Crippen LogP contribution in [0.2, 0.25) is 0 Å². The maximum atomic E-state index is 4.79. The Labute approximate surface area is 204 Å². The number of aromatic nitrogens is 2. The molecule has 0 fully saturated rings. The third kappa shape index (κ3) is 5.51. The van der Waals surface area contributed by atoms with E-state index in [1.807, 2.05) is 12.1 Å². The monoisotopic (exact) mass is 488 g/mol. The first-order valence-corrected chi connectivity index (χ1v) is 13.9. The summed E-state index contributed by atoms with van der Waals surface area (Å²) in [5.74, 6) is 1.85. The molecule has 0 atom stereocenters. The number of rotatable bonds is 8. The van der Waals surface area contributed by atoms with Crippen molar-refractivity contribution in [1.82, 2.24) is 9.97 Å². The van der Waals surface area contributed by atoms with Crippen molar-refractivity contribution < 1.29 is 0 Å². The van der Waals surface area contributed by atoms with Crippen LogP contribution < -0.4 is 0 Å². The summed E-state index contributed by atoms with van der Waals surface area (Å²) in [6.45, 7) is 0. The van der Waals surface area contributed by atoms with Crippen molar-refractivity contribution in [2.75, 3.05) is 0 Å². The second kappa shape index (κ2) is 10.5. The van der Waals surface area contributed by atoms with Gasteiger partial charge in [-0.1, -0.05) is 108 Å². The molecule has 0 N–H and O–H groups in total. The minimum Gasteiger partial charge on any atom is -0.230 e. The van der Waals surface area contributed by atoms with E-state index in [-0.39, 0.29) is 0 Å². The number of thioether (sulfide) groups is 2. The minimum atomic E-state index is 0.926. The first-order chi connectivity index (χ1) is 15.8. The number of hydrogen-bond donors (Lipinski definition) is 0. The summed E-state index contributed by atoms with van der Waals surface area (Å²) in [4.78, 5) is 9.58. The predicted octanol–water partition coefficient (Wildman–Crippen LogP) is 8.52. The van der Waals surface area contributed by atoms with Gasteiger partial charge in [0.2, 0.25) is 0 Å². The van der Waals surface area contributed by atoms with Crippen molar-refractivity contribution in [2.24, 2.45) is 0 Å². The van der Waals surface area contributed by atoms with E-state index in [0.717, 1.165) is 31.6 Å². The Balaban J connectivity index is 1.17. The van der Waals surface area contributed by atoms with Crippen LogP contribution in [-0.2, 0) is 11.5 Å². The molecular formula is C26H20N2S4. The summed E-state index contributed by atoms with van der Waals surface area (Å²) in [7, 11) is 0. The molecule has 6 heteroatoms. The van der Waals surface area contributed by atoms with Crippen LogP contribution in [0.15, 0.2) is 104 Å². The van der Waals surface area contributed by atoms with Crippen LogP contribution in [0.25, 0.3) is 22.5 Å². The minimum absolute atomic E-state index is 0.926. The van der Waals surface area contributed by atoms with Gasteiger partial charge in [-0.2, -0.15) is 0 Å². The van der Waals surface area contributed by atoms with Crippen LogP contribution in [0, 0.1) is 0 Å². The zero-order valence-corrected chi connectivity index (χ0v) is 20.4. The quantitative estimate of drug-likeness (QED) is 0.204. The van der Waals surface area contributed by atoms with Crippen LogP contribution in [0.1, 0.15) is 11.1 Å². The van der Waals surface area contributed by atoms with Gasteiger partial charge < -0.3 is 0 Å². The highest BCUT2D eigenvalue weighted by molar-refractivity contribution is 8.00. The molecule has 2 nitrogen and oxygen atoms in total. The molecule has 0 saturated heterocycles. The van der Waals surface area contributed by atoms with E-state index in [1.54, 1.807) is 46.2 Å². The predicted molar refractivity (Wildman–Crippen MR) is 141 cm³/mol. The van der Waals surface area contributed by atoms with Gasteiger partial charge >= 0.3 is 0 Å². The largest absolute Gasteiger partial charge is 0.230 e. The first kappa shape index (κ1) is 21.5. The molecule has 0 aliphatic rings. The lowest BCUT2D eigenvalue weighted by Gasteiger charge is -2.04. The standard InChI is InChI=1S/C26H20N2S4/c1-3-10-21(11-4-1)23-17-31-25(27-23)29-15-19-8-7-9-20(14-19)16-30-26-28-24(18-32-26)22-12-5-2-6-13-22/h1-14,17-18H,15-16H2. The van der Waals surface area contributed by atoms with E-state index >= 15 is 0 Å². The molecule has 2 aromatic heterocycles. The molecule has 0 radical (unpaired) electrons. The van der Waals surface area contributed by atoms with E-state index in [0.29, 0.717) is 0 Å². The van der Waals surface area contributed by atoms with Gasteiger partial charge in [0.1, 0.15) is 0 Å². The fraction of sp³-hybridized carbons (Fsp3) is 0.0769. The van der Waals surface area contributed by atoms with E-state index in [2.05, 4.69) is 83.6 Å². The Kier molecular flexibility index (Phi) is 7.04. The van der Waals surface area contributed by atoms with Gasteiger partial charge in [0.25, 0.3) is 0 Å². The molecule has 0 amide bonds. The van der Waals surface area contributed by atoms with Crippen LogP contribution in [-0.4, -0.2) is 9.97 Å². The van der Waals surface area contributed by atoms with Gasteiger partial charge in [-0.3, -0.25) is 0 Å². The van der Waals surface area contributed by atoms with Crippen LogP contribution in [0.5, 0.6) is 0 Å². The lowest BCUT2D eigenvalue weighted by molar-refractivity contribution is 1.24. The van der Waals surface area contributed by atoms with Crippen LogP contribution in [0.3, 0.4) is 0 Å². The molecule has 0 spiro atoms. The van der Waals surface area contributed by atoms with Gasteiger partial charge in [-0.05, 0) is 11.1 Å². The molecule has 0 unspecified atom stereocenters.